The van der Waals surface area contributed by atoms with Gasteiger partial charge in [-0.1, -0.05) is 24.3 Å². The molecule has 3 aromatic rings. The first kappa shape index (κ1) is 19.4. The second kappa shape index (κ2) is 7.95. The van der Waals surface area contributed by atoms with Crippen molar-refractivity contribution in [2.75, 3.05) is 0 Å². The molecule has 1 saturated carbocycles. The molecule has 4 nitrogen and oxygen atoms in total. The SMILES string of the molecule is O=C(c1ccco1)N1N=C2C(=Cc3ccc(F)cc3)CCC[C@H]2[C@@H]1c1ccc(F)cc1. The fraction of sp³-hybridized carbons (Fsp3) is 0.200. The van der Waals surface area contributed by atoms with Gasteiger partial charge in [0, 0.05) is 5.92 Å². The van der Waals surface area contributed by atoms with Crippen LogP contribution in [0.5, 0.6) is 0 Å². The maximum Gasteiger partial charge on any atom is 0.310 e. The number of hydrogen-bond donors (Lipinski definition) is 0. The Morgan fingerprint density at radius 1 is 1.03 bits per heavy atom. The number of nitrogens with zero attached hydrogens (tertiary/aromatic N) is 2. The van der Waals surface area contributed by atoms with Crippen LogP contribution in [0, 0.1) is 17.6 Å². The number of carbonyl (C=O) groups is 1. The molecule has 1 amide bonds. The van der Waals surface area contributed by atoms with Gasteiger partial charge in [0.25, 0.3) is 0 Å². The topological polar surface area (TPSA) is 45.8 Å². The molecule has 1 aliphatic carbocycles. The van der Waals surface area contributed by atoms with Crippen molar-refractivity contribution in [3.63, 3.8) is 0 Å². The molecule has 0 N–H and O–H groups in total. The van der Waals surface area contributed by atoms with Crippen LogP contribution in [0.25, 0.3) is 6.08 Å². The zero-order valence-electron chi connectivity index (χ0n) is 16.7. The van der Waals surface area contributed by atoms with Crippen LogP contribution in [0.4, 0.5) is 8.78 Å². The average molecular weight is 418 g/mol. The van der Waals surface area contributed by atoms with Crippen LogP contribution in [0.2, 0.25) is 0 Å². The second-order valence-corrected chi connectivity index (χ2v) is 7.83. The van der Waals surface area contributed by atoms with E-state index in [1.54, 1.807) is 36.4 Å². The molecular weight excluding hydrogens is 398 g/mol. The van der Waals surface area contributed by atoms with Gasteiger partial charge in [-0.3, -0.25) is 4.79 Å². The van der Waals surface area contributed by atoms with E-state index in [0.717, 1.165) is 41.7 Å². The first-order valence-electron chi connectivity index (χ1n) is 10.3. The Morgan fingerprint density at radius 2 is 1.74 bits per heavy atom. The van der Waals surface area contributed by atoms with E-state index in [9.17, 15) is 13.6 Å². The van der Waals surface area contributed by atoms with E-state index in [4.69, 9.17) is 9.52 Å². The van der Waals surface area contributed by atoms with E-state index < -0.39 is 0 Å². The number of furan rings is 1. The number of halogens is 2. The highest BCUT2D eigenvalue weighted by atomic mass is 19.1. The van der Waals surface area contributed by atoms with Gasteiger partial charge in [0.2, 0.25) is 0 Å². The molecule has 0 spiro atoms. The largest absolute Gasteiger partial charge is 0.459 e. The molecule has 0 unspecified atom stereocenters. The Bertz CT molecular complexity index is 1150. The summed E-state index contributed by atoms with van der Waals surface area (Å²) in [6, 6.07) is 15.5. The summed E-state index contributed by atoms with van der Waals surface area (Å²) < 4.78 is 32.2. The fourth-order valence-corrected chi connectivity index (χ4v) is 4.43. The highest BCUT2D eigenvalue weighted by molar-refractivity contribution is 6.08. The van der Waals surface area contributed by atoms with E-state index in [1.165, 1.54) is 35.5 Å². The van der Waals surface area contributed by atoms with Crippen LogP contribution < -0.4 is 0 Å². The molecule has 0 bridgehead atoms. The van der Waals surface area contributed by atoms with Crippen LogP contribution in [0.15, 0.2) is 82.0 Å². The minimum Gasteiger partial charge on any atom is -0.459 e. The number of rotatable bonds is 3. The lowest BCUT2D eigenvalue weighted by Crippen LogP contribution is -2.31. The fourth-order valence-electron chi connectivity index (χ4n) is 4.43. The first-order valence-corrected chi connectivity index (χ1v) is 10.3. The van der Waals surface area contributed by atoms with Gasteiger partial charge in [0.1, 0.15) is 11.6 Å². The number of hydrazone groups is 1. The van der Waals surface area contributed by atoms with Crippen LogP contribution in [-0.4, -0.2) is 16.6 Å². The van der Waals surface area contributed by atoms with Crippen LogP contribution in [0.3, 0.4) is 0 Å². The molecule has 1 aliphatic heterocycles. The van der Waals surface area contributed by atoms with E-state index >= 15 is 0 Å². The van der Waals surface area contributed by atoms with Crippen molar-refractivity contribution in [3.05, 3.63) is 101 Å². The molecule has 2 heterocycles. The summed E-state index contributed by atoms with van der Waals surface area (Å²) in [5.41, 5.74) is 3.59. The number of carbonyl (C=O) groups excluding carboxylic acids is 1. The van der Waals surface area contributed by atoms with Gasteiger partial charge in [-0.25, -0.2) is 13.8 Å². The Kier molecular flexibility index (Phi) is 4.98. The number of fused-ring (bicyclic) bond motifs is 1. The predicted octanol–water partition coefficient (Wildman–Crippen LogP) is 5.99. The maximum atomic E-state index is 13.6. The molecule has 2 aliphatic rings. The molecule has 2 aromatic carbocycles. The minimum absolute atomic E-state index is 0.00942. The van der Waals surface area contributed by atoms with Crippen molar-refractivity contribution in [2.45, 2.75) is 25.3 Å². The lowest BCUT2D eigenvalue weighted by molar-refractivity contribution is 0.0648. The average Bonchev–Trinajstić information content (AvgIpc) is 3.44. The first-order chi connectivity index (χ1) is 15.1. The summed E-state index contributed by atoms with van der Waals surface area (Å²) in [5.74, 6) is -0.743. The van der Waals surface area contributed by atoms with Crippen LogP contribution in [0.1, 0.15) is 47.0 Å². The second-order valence-electron chi connectivity index (χ2n) is 7.83. The molecule has 2 atom stereocenters. The van der Waals surface area contributed by atoms with Gasteiger partial charge in [-0.05, 0) is 78.4 Å². The normalized spacial score (nSPS) is 21.8. The molecule has 1 aromatic heterocycles. The molecule has 156 valence electrons. The molecule has 0 radical (unpaired) electrons. The number of allylic oxidation sites excluding steroid dienone is 1. The third kappa shape index (κ3) is 3.69. The van der Waals surface area contributed by atoms with Crippen molar-refractivity contribution in [2.24, 2.45) is 11.0 Å². The molecule has 5 rings (SSSR count). The van der Waals surface area contributed by atoms with Gasteiger partial charge in [-0.2, -0.15) is 5.10 Å². The Labute approximate surface area is 178 Å². The zero-order chi connectivity index (χ0) is 21.4. The van der Waals surface area contributed by atoms with Crippen molar-refractivity contribution in [3.8, 4) is 0 Å². The van der Waals surface area contributed by atoms with Crippen molar-refractivity contribution in [1.82, 2.24) is 5.01 Å². The van der Waals surface area contributed by atoms with Crippen LogP contribution in [-0.2, 0) is 0 Å². The standard InChI is InChI=1S/C25H20F2N2O2/c26-19-10-6-16(7-11-19)15-18-3-1-4-21-23(18)28-29(25(30)22-5-2-14-31-22)24(21)17-8-12-20(27)13-9-17/h2,5-15,21,24H,1,3-4H2/t21-,24+/m1/s1. The van der Waals surface area contributed by atoms with Gasteiger partial charge >= 0.3 is 5.91 Å². The Morgan fingerprint density at radius 3 is 2.42 bits per heavy atom. The number of amides is 1. The molecule has 6 heteroatoms. The van der Waals surface area contributed by atoms with E-state index in [0.29, 0.717) is 0 Å². The lowest BCUT2D eigenvalue weighted by atomic mass is 9.77. The lowest BCUT2D eigenvalue weighted by Gasteiger charge is -2.29. The predicted molar refractivity (Wildman–Crippen MR) is 113 cm³/mol. The van der Waals surface area contributed by atoms with Crippen LogP contribution >= 0.6 is 0 Å². The van der Waals surface area contributed by atoms with Crippen molar-refractivity contribution < 1.29 is 18.0 Å². The molecule has 0 saturated heterocycles. The number of hydrogen-bond acceptors (Lipinski definition) is 3. The molecule has 1 fully saturated rings. The zero-order valence-corrected chi connectivity index (χ0v) is 16.7. The molecule has 31 heavy (non-hydrogen) atoms. The Hall–Kier alpha value is -3.54. The highest BCUT2D eigenvalue weighted by Crippen LogP contribution is 2.45. The van der Waals surface area contributed by atoms with Gasteiger partial charge in [0.05, 0.1) is 18.0 Å². The smallest absolute Gasteiger partial charge is 0.310 e. The summed E-state index contributed by atoms with van der Waals surface area (Å²) in [7, 11) is 0. The molecular formula is C25H20F2N2O2. The van der Waals surface area contributed by atoms with Crippen molar-refractivity contribution >= 4 is 17.7 Å². The summed E-state index contributed by atoms with van der Waals surface area (Å²) in [6.07, 6.45) is 6.09. The third-order valence-corrected chi connectivity index (χ3v) is 5.86. The third-order valence-electron chi connectivity index (χ3n) is 5.86. The summed E-state index contributed by atoms with van der Waals surface area (Å²) in [6.45, 7) is 0. The van der Waals surface area contributed by atoms with Crippen molar-refractivity contribution in [1.29, 1.82) is 0 Å². The highest BCUT2D eigenvalue weighted by Gasteiger charge is 2.44. The number of benzene rings is 2. The quantitative estimate of drug-likeness (QED) is 0.524. The van der Waals surface area contributed by atoms with E-state index in [1.807, 2.05) is 6.08 Å². The van der Waals surface area contributed by atoms with Gasteiger partial charge < -0.3 is 4.42 Å². The summed E-state index contributed by atoms with van der Waals surface area (Å²) >= 11 is 0. The van der Waals surface area contributed by atoms with Gasteiger partial charge in [-0.15, -0.1) is 0 Å². The Balaban J connectivity index is 1.57. The van der Waals surface area contributed by atoms with E-state index in [2.05, 4.69) is 0 Å². The maximum absolute atomic E-state index is 13.6. The summed E-state index contributed by atoms with van der Waals surface area (Å²) in [4.78, 5) is 13.2. The monoisotopic (exact) mass is 418 g/mol. The minimum atomic E-state index is -0.342. The summed E-state index contributed by atoms with van der Waals surface area (Å²) in [5, 5.41) is 6.21. The van der Waals surface area contributed by atoms with Gasteiger partial charge in [0.15, 0.2) is 5.76 Å². The van der Waals surface area contributed by atoms with E-state index in [-0.39, 0.29) is 35.3 Å².